The maximum atomic E-state index is 13.6. The second kappa shape index (κ2) is 10.8. The van der Waals surface area contributed by atoms with Gasteiger partial charge in [0.15, 0.2) is 0 Å². The molecule has 0 spiro atoms. The van der Waals surface area contributed by atoms with Crippen molar-refractivity contribution in [1.82, 2.24) is 4.98 Å². The summed E-state index contributed by atoms with van der Waals surface area (Å²) in [7, 11) is -2.67. The second-order valence-corrected chi connectivity index (χ2v) is 10.7. The van der Waals surface area contributed by atoms with Crippen molar-refractivity contribution in [3.63, 3.8) is 0 Å². The zero-order valence-corrected chi connectivity index (χ0v) is 22.4. The third-order valence-corrected chi connectivity index (χ3v) is 7.62. The fourth-order valence-corrected chi connectivity index (χ4v) is 5.44. The lowest BCUT2D eigenvalue weighted by atomic mass is 10.0. The van der Waals surface area contributed by atoms with Crippen molar-refractivity contribution in [3.8, 4) is 16.9 Å². The largest absolute Gasteiger partial charge is 0.490 e. The van der Waals surface area contributed by atoms with E-state index in [0.29, 0.717) is 46.0 Å². The van der Waals surface area contributed by atoms with Crippen LogP contribution in [-0.4, -0.2) is 58.6 Å². The Labute approximate surface area is 231 Å². The predicted molar refractivity (Wildman–Crippen MR) is 151 cm³/mol. The van der Waals surface area contributed by atoms with E-state index in [4.69, 9.17) is 20.3 Å². The van der Waals surface area contributed by atoms with E-state index in [-0.39, 0.29) is 30.5 Å². The summed E-state index contributed by atoms with van der Waals surface area (Å²) in [5, 5.41) is 6.99. The lowest BCUT2D eigenvalue weighted by Gasteiger charge is -2.32. The van der Waals surface area contributed by atoms with Gasteiger partial charge in [0, 0.05) is 22.8 Å². The molecule has 206 valence electrons. The number of sulfonamides is 1. The number of nitrogens with zero attached hydrogens (tertiary/aromatic N) is 3. The number of rotatable bonds is 7. The first-order chi connectivity index (χ1) is 19.2. The molecule has 1 aliphatic rings. The van der Waals surface area contributed by atoms with Crippen molar-refractivity contribution in [1.29, 1.82) is 0 Å². The zero-order chi connectivity index (χ0) is 28.4. The molecule has 40 heavy (non-hydrogen) atoms. The smallest absolute Gasteiger partial charge is 0.325 e. The summed E-state index contributed by atoms with van der Waals surface area (Å²) in [4.78, 5) is 33.2. The summed E-state index contributed by atoms with van der Waals surface area (Å²) in [6.07, 6.45) is 1.61. The van der Waals surface area contributed by atoms with E-state index in [1.165, 1.54) is 13.2 Å². The highest BCUT2D eigenvalue weighted by Crippen LogP contribution is 2.37. The molecule has 1 aromatic heterocycles. The molecule has 0 atom stereocenters. The van der Waals surface area contributed by atoms with Crippen molar-refractivity contribution in [2.45, 2.75) is 4.90 Å². The molecule has 12 heteroatoms. The van der Waals surface area contributed by atoms with E-state index in [0.717, 1.165) is 5.39 Å². The monoisotopic (exact) mass is 561 g/mol. The number of nitrogen functional groups attached to an aromatic ring is 1. The molecule has 1 amide bonds. The summed E-state index contributed by atoms with van der Waals surface area (Å²) < 4.78 is 34.9. The Bertz CT molecular complexity index is 1730. The van der Waals surface area contributed by atoms with Gasteiger partial charge in [-0.1, -0.05) is 30.3 Å². The highest BCUT2D eigenvalue weighted by atomic mass is 32.2. The third kappa shape index (κ3) is 5.40. The minimum Gasteiger partial charge on any atom is -0.490 e. The number of hydrogen-bond donors (Lipinski definition) is 2. The molecule has 2 heterocycles. The Morgan fingerprint density at radius 3 is 2.65 bits per heavy atom. The molecule has 11 nitrogen and oxygen atoms in total. The van der Waals surface area contributed by atoms with E-state index >= 15 is 0 Å². The molecular weight excluding hydrogens is 534 g/mol. The minimum absolute atomic E-state index is 0.0108. The number of carbonyl (C=O) groups is 2. The number of pyridine rings is 1. The molecule has 0 aliphatic carbocycles. The average Bonchev–Trinajstić information content (AvgIpc) is 2.95. The van der Waals surface area contributed by atoms with Crippen LogP contribution >= 0.6 is 0 Å². The van der Waals surface area contributed by atoms with Crippen LogP contribution in [0.25, 0.3) is 21.9 Å². The molecule has 0 fully saturated rings. The van der Waals surface area contributed by atoms with Crippen LogP contribution in [0.1, 0.15) is 0 Å². The average molecular weight is 562 g/mol. The van der Waals surface area contributed by atoms with Crippen LogP contribution in [-0.2, 0) is 24.3 Å². The van der Waals surface area contributed by atoms with Crippen molar-refractivity contribution >= 4 is 49.9 Å². The van der Waals surface area contributed by atoms with Gasteiger partial charge >= 0.3 is 5.97 Å². The van der Waals surface area contributed by atoms with Crippen LogP contribution in [0, 0.1) is 0 Å². The SMILES string of the molecule is COC(=O)CN(CC(=O)N1CCOc2cc(-c3ccccc3S(N)(=O)=O)ccc21)c1ccc2ccnc(N)c2c1. The predicted octanol–water partition coefficient (Wildman–Crippen LogP) is 2.54. The van der Waals surface area contributed by atoms with Gasteiger partial charge in [-0.3, -0.25) is 9.59 Å². The van der Waals surface area contributed by atoms with E-state index in [1.807, 2.05) is 12.1 Å². The number of methoxy groups -OCH3 is 1. The molecule has 0 saturated heterocycles. The van der Waals surface area contributed by atoms with Crippen LogP contribution in [0.4, 0.5) is 17.2 Å². The fourth-order valence-electron chi connectivity index (χ4n) is 4.68. The topological polar surface area (TPSA) is 158 Å². The molecule has 4 N–H and O–H groups in total. The van der Waals surface area contributed by atoms with Crippen LogP contribution in [0.2, 0.25) is 0 Å². The van der Waals surface area contributed by atoms with E-state index < -0.39 is 16.0 Å². The van der Waals surface area contributed by atoms with Crippen LogP contribution < -0.4 is 25.4 Å². The molecule has 0 unspecified atom stereocenters. The second-order valence-electron chi connectivity index (χ2n) is 9.15. The molecule has 0 saturated carbocycles. The van der Waals surface area contributed by atoms with Crippen molar-refractivity contribution < 1.29 is 27.5 Å². The molecule has 4 aromatic rings. The number of ether oxygens (including phenoxy) is 2. The van der Waals surface area contributed by atoms with E-state index in [1.54, 1.807) is 64.5 Å². The minimum atomic E-state index is -3.96. The Hall–Kier alpha value is -4.68. The van der Waals surface area contributed by atoms with Crippen LogP contribution in [0.5, 0.6) is 5.75 Å². The van der Waals surface area contributed by atoms with Crippen molar-refractivity contribution in [3.05, 3.63) is 72.9 Å². The molecule has 3 aromatic carbocycles. The maximum absolute atomic E-state index is 13.6. The summed E-state index contributed by atoms with van der Waals surface area (Å²) in [6, 6.07) is 18.8. The number of carbonyl (C=O) groups excluding carboxylic acids is 2. The van der Waals surface area contributed by atoms with Gasteiger partial charge in [-0.05, 0) is 47.3 Å². The molecule has 0 radical (unpaired) electrons. The fraction of sp³-hybridized carbons (Fsp3) is 0.179. The standard InChI is InChI=1S/C28H27N5O6S/c1-38-27(35)17-32(20-8-6-18-10-11-31-28(29)22(18)15-20)16-26(34)33-12-13-39-24-14-19(7-9-23(24)33)21-4-2-3-5-25(21)40(30,36)37/h2-11,14-15H,12-13,16-17H2,1H3,(H2,29,31)(H2,30,36,37). The Morgan fingerprint density at radius 1 is 1.07 bits per heavy atom. The third-order valence-electron chi connectivity index (χ3n) is 6.65. The number of nitrogens with two attached hydrogens (primary N) is 2. The number of amides is 1. The first kappa shape index (κ1) is 26.9. The van der Waals surface area contributed by atoms with Crippen molar-refractivity contribution in [2.75, 3.05) is 48.9 Å². The highest BCUT2D eigenvalue weighted by Gasteiger charge is 2.27. The molecule has 0 bridgehead atoms. The van der Waals surface area contributed by atoms with Gasteiger partial charge in [-0.2, -0.15) is 0 Å². The van der Waals surface area contributed by atoms with Gasteiger partial charge in [-0.25, -0.2) is 18.5 Å². The number of primary sulfonamides is 1. The molecular formula is C28H27N5O6S. The van der Waals surface area contributed by atoms with E-state index in [2.05, 4.69) is 4.98 Å². The normalized spacial score (nSPS) is 12.9. The number of esters is 1. The molecule has 1 aliphatic heterocycles. The molecule has 5 rings (SSSR count). The van der Waals surface area contributed by atoms with Gasteiger partial charge in [0.25, 0.3) is 0 Å². The summed E-state index contributed by atoms with van der Waals surface area (Å²) in [6.45, 7) is 0.235. The quantitative estimate of drug-likeness (QED) is 0.323. The van der Waals surface area contributed by atoms with Gasteiger partial charge in [0.05, 0.1) is 30.8 Å². The zero-order valence-electron chi connectivity index (χ0n) is 21.6. The van der Waals surface area contributed by atoms with Gasteiger partial charge in [-0.15, -0.1) is 0 Å². The van der Waals surface area contributed by atoms with Gasteiger partial charge in [0.1, 0.15) is 24.7 Å². The summed E-state index contributed by atoms with van der Waals surface area (Å²) >= 11 is 0. The van der Waals surface area contributed by atoms with Gasteiger partial charge < -0.3 is 25.0 Å². The number of hydrogen-bond acceptors (Lipinski definition) is 9. The summed E-state index contributed by atoms with van der Waals surface area (Å²) in [5.41, 5.74) is 8.19. The Morgan fingerprint density at radius 2 is 1.88 bits per heavy atom. The van der Waals surface area contributed by atoms with Crippen molar-refractivity contribution in [2.24, 2.45) is 5.14 Å². The maximum Gasteiger partial charge on any atom is 0.325 e. The number of anilines is 3. The summed E-state index contributed by atoms with van der Waals surface area (Å²) in [5.74, 6) is -0.0194. The van der Waals surface area contributed by atoms with E-state index in [9.17, 15) is 18.0 Å². The van der Waals surface area contributed by atoms with Crippen LogP contribution in [0.3, 0.4) is 0 Å². The Balaban J connectivity index is 1.45. The van der Waals surface area contributed by atoms with Gasteiger partial charge in [0.2, 0.25) is 15.9 Å². The number of aromatic nitrogens is 1. The lowest BCUT2D eigenvalue weighted by molar-refractivity contribution is -0.138. The Kier molecular flexibility index (Phi) is 7.28. The number of fused-ring (bicyclic) bond motifs is 2. The first-order valence-electron chi connectivity index (χ1n) is 12.3. The van der Waals surface area contributed by atoms with Crippen LogP contribution in [0.15, 0.2) is 77.8 Å². The number of benzene rings is 3. The first-order valence-corrected chi connectivity index (χ1v) is 13.9. The highest BCUT2D eigenvalue weighted by molar-refractivity contribution is 7.89. The lowest BCUT2D eigenvalue weighted by Crippen LogP contribution is -2.45.